The van der Waals surface area contributed by atoms with Gasteiger partial charge in [0.25, 0.3) is 0 Å². The Balaban J connectivity index is 2.93. The number of rotatable bonds is 0. The van der Waals surface area contributed by atoms with E-state index >= 15 is 0 Å². The third kappa shape index (κ3) is 2.25. The van der Waals surface area contributed by atoms with Crippen LogP contribution in [-0.4, -0.2) is 31.2 Å². The van der Waals surface area contributed by atoms with Gasteiger partial charge in [0, 0.05) is 0 Å². The van der Waals surface area contributed by atoms with Crippen LogP contribution < -0.4 is 0 Å². The van der Waals surface area contributed by atoms with E-state index < -0.39 is 31.2 Å². The Morgan fingerprint density at radius 1 is 0.615 bits per heavy atom. The van der Waals surface area contributed by atoms with Gasteiger partial charge in [-0.15, -0.1) is 58.0 Å². The SMILES string of the molecule is ClC1C(Cl)C(Cl)C(Cl)(Cl)C(Cl)C1Cl. The van der Waals surface area contributed by atoms with Crippen molar-refractivity contribution < 1.29 is 0 Å². The molecule has 1 fully saturated rings. The first-order valence-electron chi connectivity index (χ1n) is 3.38. The van der Waals surface area contributed by atoms with Gasteiger partial charge in [-0.25, -0.2) is 0 Å². The van der Waals surface area contributed by atoms with E-state index in [4.69, 9.17) is 81.2 Å². The lowest BCUT2D eigenvalue weighted by atomic mass is 9.97. The Morgan fingerprint density at radius 2 is 0.923 bits per heavy atom. The lowest BCUT2D eigenvalue weighted by molar-refractivity contribution is 0.511. The van der Waals surface area contributed by atoms with E-state index in [-0.39, 0.29) is 0 Å². The summed E-state index contributed by atoms with van der Waals surface area (Å²) in [7, 11) is 0. The van der Waals surface area contributed by atoms with Crippen molar-refractivity contribution in [2.75, 3.05) is 0 Å². The number of hydrogen-bond acceptors (Lipinski definition) is 0. The van der Waals surface area contributed by atoms with Crippen LogP contribution in [0.15, 0.2) is 0 Å². The van der Waals surface area contributed by atoms with Crippen molar-refractivity contribution in [1.82, 2.24) is 0 Å². The summed E-state index contributed by atoms with van der Waals surface area (Å²) in [6, 6.07) is 0. The van der Waals surface area contributed by atoms with Crippen LogP contribution in [0.3, 0.4) is 0 Å². The van der Waals surface area contributed by atoms with Gasteiger partial charge in [-0.3, -0.25) is 0 Å². The molecule has 1 aliphatic rings. The zero-order chi connectivity index (χ0) is 10.4. The van der Waals surface area contributed by atoms with Crippen LogP contribution in [-0.2, 0) is 0 Å². The first kappa shape index (κ1) is 13.1. The van der Waals surface area contributed by atoms with Gasteiger partial charge >= 0.3 is 0 Å². The molecule has 0 N–H and O–H groups in total. The van der Waals surface area contributed by atoms with Crippen LogP contribution in [0.1, 0.15) is 0 Å². The maximum Gasteiger partial charge on any atom is 0.153 e. The first-order valence-corrected chi connectivity index (χ1v) is 6.32. The summed E-state index contributed by atoms with van der Waals surface area (Å²) in [6.45, 7) is 0. The maximum absolute atomic E-state index is 5.90. The molecule has 1 aliphatic carbocycles. The molecule has 1 rings (SSSR count). The second kappa shape index (κ2) is 4.49. The molecule has 0 nitrogen and oxygen atoms in total. The Kier molecular flexibility index (Phi) is 4.52. The van der Waals surface area contributed by atoms with Crippen LogP contribution >= 0.6 is 81.2 Å². The highest BCUT2D eigenvalue weighted by atomic mass is 35.5. The summed E-state index contributed by atoms with van der Waals surface area (Å²) in [5, 5.41) is -3.19. The van der Waals surface area contributed by atoms with Crippen molar-refractivity contribution >= 4 is 81.2 Å². The van der Waals surface area contributed by atoms with E-state index in [1.165, 1.54) is 0 Å². The normalized spacial score (nSPS) is 50.5. The van der Waals surface area contributed by atoms with Crippen molar-refractivity contribution in [3.05, 3.63) is 0 Å². The largest absolute Gasteiger partial charge is 0.153 e. The molecule has 4 unspecified atom stereocenters. The van der Waals surface area contributed by atoms with Crippen molar-refractivity contribution in [3.8, 4) is 0 Å². The highest BCUT2D eigenvalue weighted by molar-refractivity contribution is 6.58. The summed E-state index contributed by atoms with van der Waals surface area (Å²) in [5.74, 6) is 0. The van der Waals surface area contributed by atoms with Gasteiger partial charge in [-0.05, 0) is 0 Å². The van der Waals surface area contributed by atoms with E-state index in [0.717, 1.165) is 0 Å². The molecule has 13 heavy (non-hydrogen) atoms. The number of alkyl halides is 7. The summed E-state index contributed by atoms with van der Waals surface area (Å²) in [4.78, 5) is 0. The second-order valence-electron chi connectivity index (χ2n) is 2.81. The molecule has 0 saturated heterocycles. The molecule has 0 aromatic carbocycles. The van der Waals surface area contributed by atoms with Gasteiger partial charge in [0.15, 0.2) is 4.33 Å². The first-order chi connectivity index (χ1) is 5.80. The predicted molar refractivity (Wildman–Crippen MR) is 62.6 cm³/mol. The predicted octanol–water partition coefficient (Wildman–Crippen LogP) is 4.21. The number of hydrogen-bond donors (Lipinski definition) is 0. The topological polar surface area (TPSA) is 0 Å². The molecular formula is C6H5Cl7. The molecule has 0 spiro atoms. The molecule has 0 amide bonds. The highest BCUT2D eigenvalue weighted by Crippen LogP contribution is 2.49. The fraction of sp³-hybridized carbons (Fsp3) is 1.00. The Labute approximate surface area is 112 Å². The lowest BCUT2D eigenvalue weighted by Gasteiger charge is -2.42. The number of halogens is 7. The monoisotopic (exact) mass is 322 g/mol. The van der Waals surface area contributed by atoms with E-state index in [1.54, 1.807) is 0 Å². The van der Waals surface area contributed by atoms with E-state index in [1.807, 2.05) is 0 Å². The molecule has 0 aromatic rings. The maximum atomic E-state index is 5.90. The quantitative estimate of drug-likeness (QED) is 0.585. The van der Waals surface area contributed by atoms with Gasteiger partial charge in [-0.1, -0.05) is 23.2 Å². The smallest absolute Gasteiger partial charge is 0.120 e. The third-order valence-corrected chi connectivity index (χ3v) is 6.63. The molecule has 7 heteroatoms. The van der Waals surface area contributed by atoms with E-state index in [2.05, 4.69) is 0 Å². The molecule has 0 aromatic heterocycles. The Morgan fingerprint density at radius 3 is 1.23 bits per heavy atom. The van der Waals surface area contributed by atoms with Gasteiger partial charge in [0.05, 0.1) is 26.9 Å². The summed E-state index contributed by atoms with van der Waals surface area (Å²) >= 11 is 41.2. The second-order valence-corrected chi connectivity index (χ2v) is 6.71. The highest BCUT2D eigenvalue weighted by Gasteiger charge is 2.56. The average molecular weight is 325 g/mol. The third-order valence-electron chi connectivity index (χ3n) is 1.90. The molecule has 0 bridgehead atoms. The molecule has 4 atom stereocenters. The van der Waals surface area contributed by atoms with Crippen molar-refractivity contribution in [2.45, 2.75) is 31.2 Å². The van der Waals surface area contributed by atoms with Gasteiger partial charge in [0.2, 0.25) is 0 Å². The zero-order valence-corrected chi connectivity index (χ0v) is 11.3. The van der Waals surface area contributed by atoms with Gasteiger partial charge < -0.3 is 0 Å². The fourth-order valence-corrected chi connectivity index (χ4v) is 3.75. The zero-order valence-electron chi connectivity index (χ0n) is 6.03. The molecule has 0 heterocycles. The molecular weight excluding hydrogens is 320 g/mol. The minimum Gasteiger partial charge on any atom is -0.120 e. The van der Waals surface area contributed by atoms with Crippen LogP contribution in [0, 0.1) is 0 Å². The minimum atomic E-state index is -1.35. The molecule has 78 valence electrons. The molecule has 0 aliphatic heterocycles. The van der Waals surface area contributed by atoms with Gasteiger partial charge in [0.1, 0.15) is 0 Å². The molecule has 1 saturated carbocycles. The summed E-state index contributed by atoms with van der Waals surface area (Å²) in [6.07, 6.45) is 0. The Bertz CT molecular complexity index is 175. The van der Waals surface area contributed by atoms with Crippen molar-refractivity contribution in [1.29, 1.82) is 0 Å². The van der Waals surface area contributed by atoms with Crippen LogP contribution in [0.4, 0.5) is 0 Å². The summed E-state index contributed by atoms with van der Waals surface area (Å²) in [5.41, 5.74) is 0. The lowest BCUT2D eigenvalue weighted by Crippen LogP contribution is -2.57. The van der Waals surface area contributed by atoms with Crippen molar-refractivity contribution in [3.63, 3.8) is 0 Å². The van der Waals surface area contributed by atoms with Gasteiger partial charge in [-0.2, -0.15) is 0 Å². The average Bonchev–Trinajstić information content (AvgIpc) is 2.09. The Hall–Kier alpha value is 2.03. The van der Waals surface area contributed by atoms with Crippen LogP contribution in [0.5, 0.6) is 0 Å². The van der Waals surface area contributed by atoms with E-state index in [0.29, 0.717) is 0 Å². The van der Waals surface area contributed by atoms with Crippen LogP contribution in [0.2, 0.25) is 0 Å². The minimum absolute atomic E-state index is 0.543. The van der Waals surface area contributed by atoms with Crippen LogP contribution in [0.25, 0.3) is 0 Å². The van der Waals surface area contributed by atoms with E-state index in [9.17, 15) is 0 Å². The van der Waals surface area contributed by atoms with Crippen molar-refractivity contribution in [2.24, 2.45) is 0 Å². The standard InChI is InChI=1S/C6H5Cl7/c7-1-2(8)4(10)6(12,13)5(11)3(1)9/h1-5H. The fourth-order valence-electron chi connectivity index (χ4n) is 1.08. The summed E-state index contributed by atoms with van der Waals surface area (Å²) < 4.78 is -1.35. The molecule has 0 radical (unpaired) electrons.